The summed E-state index contributed by atoms with van der Waals surface area (Å²) in [5.41, 5.74) is 11.9. The van der Waals surface area contributed by atoms with E-state index >= 15 is 0 Å². The van der Waals surface area contributed by atoms with Crippen LogP contribution in [0.1, 0.15) is 22.3 Å². The Morgan fingerprint density at radius 3 is 1.67 bits per heavy atom. The lowest BCUT2D eigenvalue weighted by molar-refractivity contribution is 0.836. The average Bonchev–Trinajstić information content (AvgIpc) is 3.44. The molecule has 0 aliphatic heterocycles. The number of benzene rings is 7. The lowest BCUT2D eigenvalue weighted by Gasteiger charge is -2.34. The first kappa shape index (κ1) is 27.4. The van der Waals surface area contributed by atoms with E-state index in [2.05, 4.69) is 199 Å². The summed E-state index contributed by atoms with van der Waals surface area (Å²) in [6, 6.07) is 66.7. The van der Waals surface area contributed by atoms with Gasteiger partial charge in [0.2, 0.25) is 0 Å². The first-order valence-corrected chi connectivity index (χ1v) is 15.7. The van der Waals surface area contributed by atoms with Gasteiger partial charge in [-0.3, -0.25) is 0 Å². The molecule has 0 amide bonds. The van der Waals surface area contributed by atoms with Crippen molar-refractivity contribution in [3.8, 4) is 34.1 Å². The zero-order chi connectivity index (χ0) is 30.8. The number of hydrogen-bond acceptors (Lipinski definition) is 1. The SMILES string of the molecule is C(#CC1(c2cccc(-c3ccccc3)c2)c2ccccc2-c2cccc(N(c3ccccc3)c3ccccc3)c21)c1ccccc1. The van der Waals surface area contributed by atoms with Gasteiger partial charge in [0, 0.05) is 22.5 Å². The van der Waals surface area contributed by atoms with Crippen molar-refractivity contribution < 1.29 is 0 Å². The topological polar surface area (TPSA) is 3.24 Å². The number of para-hydroxylation sites is 2. The molecule has 0 radical (unpaired) electrons. The smallest absolute Gasteiger partial charge is 0.110 e. The Hall–Kier alpha value is -6.10. The first-order valence-electron chi connectivity index (χ1n) is 15.7. The minimum atomic E-state index is -0.745. The first-order chi connectivity index (χ1) is 22.8. The number of anilines is 3. The van der Waals surface area contributed by atoms with Crippen molar-refractivity contribution >= 4 is 17.1 Å². The minimum absolute atomic E-state index is 0.745. The van der Waals surface area contributed by atoms with Crippen molar-refractivity contribution in [2.75, 3.05) is 4.90 Å². The molecule has 46 heavy (non-hydrogen) atoms. The molecular formula is C45H31N. The van der Waals surface area contributed by atoms with E-state index in [9.17, 15) is 0 Å². The molecule has 1 atom stereocenters. The molecule has 0 aromatic heterocycles. The van der Waals surface area contributed by atoms with Crippen LogP contribution in [0.25, 0.3) is 22.3 Å². The van der Waals surface area contributed by atoms with Gasteiger partial charge in [0.15, 0.2) is 0 Å². The Kier molecular flexibility index (Phi) is 7.02. The van der Waals surface area contributed by atoms with Crippen LogP contribution in [-0.4, -0.2) is 0 Å². The van der Waals surface area contributed by atoms with Gasteiger partial charge in [-0.05, 0) is 81.9 Å². The van der Waals surface area contributed by atoms with Crippen molar-refractivity contribution in [1.29, 1.82) is 0 Å². The molecule has 216 valence electrons. The molecule has 8 rings (SSSR count). The molecule has 0 saturated carbocycles. The Bertz CT molecular complexity index is 2150. The van der Waals surface area contributed by atoms with Crippen LogP contribution in [0.4, 0.5) is 17.1 Å². The third-order valence-corrected chi connectivity index (χ3v) is 8.88. The lowest BCUT2D eigenvalue weighted by atomic mass is 9.71. The van der Waals surface area contributed by atoms with Gasteiger partial charge in [0.1, 0.15) is 5.41 Å². The van der Waals surface area contributed by atoms with Gasteiger partial charge < -0.3 is 4.90 Å². The zero-order valence-corrected chi connectivity index (χ0v) is 25.3. The van der Waals surface area contributed by atoms with Crippen molar-refractivity contribution in [2.45, 2.75) is 5.41 Å². The third kappa shape index (κ3) is 4.69. The summed E-state index contributed by atoms with van der Waals surface area (Å²) in [5, 5.41) is 0. The Labute approximate surface area is 271 Å². The Balaban J connectivity index is 1.48. The highest BCUT2D eigenvalue weighted by atomic mass is 15.1. The third-order valence-electron chi connectivity index (χ3n) is 8.88. The van der Waals surface area contributed by atoms with E-state index in [0.29, 0.717) is 0 Å². The van der Waals surface area contributed by atoms with Crippen LogP contribution in [0.3, 0.4) is 0 Å². The van der Waals surface area contributed by atoms with Crippen LogP contribution < -0.4 is 4.90 Å². The molecule has 0 saturated heterocycles. The second-order valence-electron chi connectivity index (χ2n) is 11.6. The van der Waals surface area contributed by atoms with E-state index in [1.807, 2.05) is 6.07 Å². The van der Waals surface area contributed by atoms with Gasteiger partial charge >= 0.3 is 0 Å². The van der Waals surface area contributed by atoms with Gasteiger partial charge in [-0.15, -0.1) is 0 Å². The Morgan fingerprint density at radius 1 is 0.435 bits per heavy atom. The number of fused-ring (bicyclic) bond motifs is 3. The molecule has 7 aromatic carbocycles. The average molecular weight is 586 g/mol. The van der Waals surface area contributed by atoms with Gasteiger partial charge in [-0.1, -0.05) is 151 Å². The molecule has 0 fully saturated rings. The summed E-state index contributed by atoms with van der Waals surface area (Å²) in [7, 11) is 0. The van der Waals surface area contributed by atoms with Crippen LogP contribution in [0.5, 0.6) is 0 Å². The highest BCUT2D eigenvalue weighted by Crippen LogP contribution is 2.57. The molecule has 0 N–H and O–H groups in total. The van der Waals surface area contributed by atoms with Gasteiger partial charge in [0.25, 0.3) is 0 Å². The Morgan fingerprint density at radius 2 is 0.978 bits per heavy atom. The normalized spacial score (nSPS) is 14.4. The van der Waals surface area contributed by atoms with Crippen molar-refractivity contribution in [3.63, 3.8) is 0 Å². The van der Waals surface area contributed by atoms with Crippen LogP contribution in [0.15, 0.2) is 188 Å². The highest BCUT2D eigenvalue weighted by molar-refractivity contribution is 5.94. The van der Waals surface area contributed by atoms with E-state index in [1.54, 1.807) is 0 Å². The van der Waals surface area contributed by atoms with Gasteiger partial charge in [-0.25, -0.2) is 0 Å². The summed E-state index contributed by atoms with van der Waals surface area (Å²) in [5.74, 6) is 7.58. The van der Waals surface area contributed by atoms with Crippen molar-refractivity contribution in [2.24, 2.45) is 0 Å². The maximum Gasteiger partial charge on any atom is 0.110 e. The minimum Gasteiger partial charge on any atom is -0.310 e. The molecule has 1 unspecified atom stereocenters. The fraction of sp³-hybridized carbons (Fsp3) is 0.0222. The molecular weight excluding hydrogens is 555 g/mol. The fourth-order valence-electron chi connectivity index (χ4n) is 6.86. The molecule has 0 heterocycles. The summed E-state index contributed by atoms with van der Waals surface area (Å²) in [6.07, 6.45) is 0. The van der Waals surface area contributed by atoms with Gasteiger partial charge in [-0.2, -0.15) is 0 Å². The molecule has 7 aromatic rings. The molecule has 1 aliphatic rings. The standard InChI is InChI=1S/C45H31N/c1-5-17-34(18-6-1)31-32-45(37-22-15-21-36(33-37)35-19-7-2-8-20-35)42-29-14-13-27-40(42)41-28-16-30-43(44(41)45)46(38-23-9-3-10-24-38)39-25-11-4-12-26-39/h1-30,33H. The largest absolute Gasteiger partial charge is 0.310 e. The van der Waals surface area contributed by atoms with Crippen molar-refractivity contribution in [1.82, 2.24) is 0 Å². The van der Waals surface area contributed by atoms with E-state index < -0.39 is 5.41 Å². The second kappa shape index (κ2) is 11.8. The van der Waals surface area contributed by atoms with Crippen LogP contribution in [0, 0.1) is 11.8 Å². The van der Waals surface area contributed by atoms with Crippen LogP contribution in [-0.2, 0) is 5.41 Å². The van der Waals surface area contributed by atoms with E-state index in [-0.39, 0.29) is 0 Å². The van der Waals surface area contributed by atoms with Crippen LogP contribution >= 0.6 is 0 Å². The molecule has 1 nitrogen and oxygen atoms in total. The van der Waals surface area contributed by atoms with E-state index in [1.165, 1.54) is 33.4 Å². The molecule has 0 bridgehead atoms. The van der Waals surface area contributed by atoms with Gasteiger partial charge in [0.05, 0.1) is 5.69 Å². The van der Waals surface area contributed by atoms with Crippen molar-refractivity contribution in [3.05, 3.63) is 210 Å². The number of hydrogen-bond donors (Lipinski definition) is 0. The summed E-state index contributed by atoms with van der Waals surface area (Å²) in [6.45, 7) is 0. The number of rotatable bonds is 5. The quantitative estimate of drug-likeness (QED) is 0.182. The summed E-state index contributed by atoms with van der Waals surface area (Å²) in [4.78, 5) is 2.38. The summed E-state index contributed by atoms with van der Waals surface area (Å²) >= 11 is 0. The van der Waals surface area contributed by atoms with E-state index in [0.717, 1.165) is 28.2 Å². The predicted octanol–water partition coefficient (Wildman–Crippen LogP) is 11.2. The second-order valence-corrected chi connectivity index (χ2v) is 11.6. The van der Waals surface area contributed by atoms with E-state index in [4.69, 9.17) is 0 Å². The summed E-state index contributed by atoms with van der Waals surface area (Å²) < 4.78 is 0. The lowest BCUT2D eigenvalue weighted by Crippen LogP contribution is -2.27. The maximum atomic E-state index is 3.94. The monoisotopic (exact) mass is 585 g/mol. The molecule has 1 aliphatic carbocycles. The highest BCUT2D eigenvalue weighted by Gasteiger charge is 2.46. The molecule has 0 spiro atoms. The zero-order valence-electron chi connectivity index (χ0n) is 25.3. The maximum absolute atomic E-state index is 3.94. The fourth-order valence-corrected chi connectivity index (χ4v) is 6.86. The molecule has 1 heteroatoms. The predicted molar refractivity (Wildman–Crippen MR) is 192 cm³/mol. The number of nitrogens with zero attached hydrogens (tertiary/aromatic N) is 1. The van der Waals surface area contributed by atoms with Crippen LogP contribution in [0.2, 0.25) is 0 Å².